The lowest BCUT2D eigenvalue weighted by molar-refractivity contribution is 0.117. The van der Waals surface area contributed by atoms with Crippen LogP contribution in [0.5, 0.6) is 0 Å². The van der Waals surface area contributed by atoms with Gasteiger partial charge in [-0.05, 0) is 31.8 Å². The van der Waals surface area contributed by atoms with E-state index >= 15 is 0 Å². The summed E-state index contributed by atoms with van der Waals surface area (Å²) in [5, 5.41) is 5.54. The number of hydrogen-bond donors (Lipinski definition) is 1. The number of thiophene rings is 1. The largest absolute Gasteiger partial charge is 0.378 e. The van der Waals surface area contributed by atoms with E-state index in [9.17, 15) is 0 Å². The molecule has 2 nitrogen and oxygen atoms in total. The Labute approximate surface area is 89.3 Å². The molecule has 0 spiro atoms. The molecule has 14 heavy (non-hydrogen) atoms. The lowest BCUT2D eigenvalue weighted by Gasteiger charge is -2.20. The second-order valence-corrected chi connectivity index (χ2v) is 4.90. The fraction of sp³-hybridized carbons (Fsp3) is 0.636. The number of hydrogen-bond acceptors (Lipinski definition) is 3. The van der Waals surface area contributed by atoms with Crippen LogP contribution in [0.1, 0.15) is 24.3 Å². The minimum absolute atomic E-state index is 0.427. The predicted octanol–water partition coefficient (Wildman–Crippen LogP) is 2.43. The molecule has 1 aromatic rings. The molecule has 1 fully saturated rings. The minimum Gasteiger partial charge on any atom is -0.378 e. The van der Waals surface area contributed by atoms with Crippen molar-refractivity contribution in [2.45, 2.75) is 25.5 Å². The van der Waals surface area contributed by atoms with Crippen LogP contribution >= 0.6 is 11.3 Å². The quantitative estimate of drug-likeness (QED) is 0.829. The molecule has 0 radical (unpaired) electrons. The van der Waals surface area contributed by atoms with Crippen LogP contribution in [-0.4, -0.2) is 19.8 Å². The van der Waals surface area contributed by atoms with Gasteiger partial charge in [0.15, 0.2) is 0 Å². The fourth-order valence-corrected chi connectivity index (χ4v) is 3.09. The Hall–Kier alpha value is -0.380. The maximum atomic E-state index is 5.61. The van der Waals surface area contributed by atoms with E-state index in [-0.39, 0.29) is 0 Å². The van der Waals surface area contributed by atoms with Crippen LogP contribution in [0.2, 0.25) is 0 Å². The molecular weight excluding hydrogens is 194 g/mol. The average Bonchev–Trinajstić information content (AvgIpc) is 2.79. The topological polar surface area (TPSA) is 21.3 Å². The van der Waals surface area contributed by atoms with Crippen LogP contribution in [0, 0.1) is 5.92 Å². The number of ether oxygens (including phenoxy) is 1. The highest BCUT2D eigenvalue weighted by Crippen LogP contribution is 2.33. The molecule has 2 rings (SSSR count). The van der Waals surface area contributed by atoms with Gasteiger partial charge in [0, 0.05) is 16.8 Å². The van der Waals surface area contributed by atoms with Gasteiger partial charge in [-0.25, -0.2) is 0 Å². The van der Waals surface area contributed by atoms with Crippen LogP contribution in [0.15, 0.2) is 17.5 Å². The van der Waals surface area contributed by atoms with E-state index in [1.54, 1.807) is 0 Å². The molecule has 1 N–H and O–H groups in total. The van der Waals surface area contributed by atoms with Gasteiger partial charge in [0.05, 0.1) is 12.7 Å². The Balaban J connectivity index is 2.07. The molecule has 1 aliphatic heterocycles. The van der Waals surface area contributed by atoms with E-state index in [0.29, 0.717) is 18.1 Å². The molecule has 3 heteroatoms. The summed E-state index contributed by atoms with van der Waals surface area (Å²) in [4.78, 5) is 1.43. The second-order valence-electron chi connectivity index (χ2n) is 3.92. The SMILES string of the molecule is CNC(c1cccs1)C1COC(C)C1. The van der Waals surface area contributed by atoms with Crippen molar-refractivity contribution in [2.24, 2.45) is 5.92 Å². The zero-order chi connectivity index (χ0) is 9.97. The summed E-state index contributed by atoms with van der Waals surface area (Å²) in [5.74, 6) is 0.633. The van der Waals surface area contributed by atoms with E-state index in [2.05, 4.69) is 29.8 Å². The van der Waals surface area contributed by atoms with E-state index in [4.69, 9.17) is 4.74 Å². The molecule has 0 saturated carbocycles. The van der Waals surface area contributed by atoms with Crippen molar-refractivity contribution in [3.8, 4) is 0 Å². The first kappa shape index (κ1) is 10.1. The van der Waals surface area contributed by atoms with Gasteiger partial charge in [0.1, 0.15) is 0 Å². The zero-order valence-electron chi connectivity index (χ0n) is 8.69. The molecule has 3 atom stereocenters. The molecule has 78 valence electrons. The predicted molar refractivity (Wildman–Crippen MR) is 59.6 cm³/mol. The lowest BCUT2D eigenvalue weighted by Crippen LogP contribution is -2.24. The van der Waals surface area contributed by atoms with E-state index in [1.165, 1.54) is 11.3 Å². The lowest BCUT2D eigenvalue weighted by atomic mass is 9.96. The third-order valence-electron chi connectivity index (χ3n) is 2.86. The highest BCUT2D eigenvalue weighted by Gasteiger charge is 2.29. The summed E-state index contributed by atoms with van der Waals surface area (Å²) < 4.78 is 5.61. The van der Waals surface area contributed by atoms with Crippen molar-refractivity contribution in [1.29, 1.82) is 0 Å². The van der Waals surface area contributed by atoms with Gasteiger partial charge < -0.3 is 10.1 Å². The minimum atomic E-state index is 0.427. The van der Waals surface area contributed by atoms with Crippen LogP contribution < -0.4 is 5.32 Å². The van der Waals surface area contributed by atoms with Gasteiger partial charge in [-0.15, -0.1) is 11.3 Å². The van der Waals surface area contributed by atoms with Gasteiger partial charge in [-0.3, -0.25) is 0 Å². The highest BCUT2D eigenvalue weighted by atomic mass is 32.1. The summed E-state index contributed by atoms with van der Waals surface area (Å²) in [6.07, 6.45) is 1.60. The van der Waals surface area contributed by atoms with Gasteiger partial charge in [0.25, 0.3) is 0 Å². The normalized spacial score (nSPS) is 29.3. The summed E-state index contributed by atoms with van der Waals surface area (Å²) in [6, 6.07) is 4.79. The molecule has 2 heterocycles. The van der Waals surface area contributed by atoms with Crippen molar-refractivity contribution in [3.05, 3.63) is 22.4 Å². The first-order valence-corrected chi connectivity index (χ1v) is 6.01. The first-order valence-electron chi connectivity index (χ1n) is 5.13. The summed E-state index contributed by atoms with van der Waals surface area (Å²) in [5.41, 5.74) is 0. The Bertz CT molecular complexity index is 273. The van der Waals surface area contributed by atoms with Crippen molar-refractivity contribution in [2.75, 3.05) is 13.7 Å². The summed E-state index contributed by atoms with van der Waals surface area (Å²) >= 11 is 1.83. The van der Waals surface area contributed by atoms with Crippen molar-refractivity contribution in [1.82, 2.24) is 5.32 Å². The average molecular weight is 211 g/mol. The summed E-state index contributed by atoms with van der Waals surface area (Å²) in [7, 11) is 2.04. The molecule has 0 amide bonds. The zero-order valence-corrected chi connectivity index (χ0v) is 9.51. The van der Waals surface area contributed by atoms with Crippen molar-refractivity contribution < 1.29 is 4.74 Å². The van der Waals surface area contributed by atoms with Crippen LogP contribution in [0.3, 0.4) is 0 Å². The maximum Gasteiger partial charge on any atom is 0.0551 e. The molecule has 0 aromatic carbocycles. The van der Waals surface area contributed by atoms with Crippen LogP contribution in [0.4, 0.5) is 0 Å². The number of nitrogens with one attached hydrogen (secondary N) is 1. The van der Waals surface area contributed by atoms with Crippen LogP contribution in [0.25, 0.3) is 0 Å². The monoisotopic (exact) mass is 211 g/mol. The molecule has 1 aromatic heterocycles. The van der Waals surface area contributed by atoms with Crippen molar-refractivity contribution in [3.63, 3.8) is 0 Å². The van der Waals surface area contributed by atoms with Crippen molar-refractivity contribution >= 4 is 11.3 Å². The Morgan fingerprint density at radius 1 is 1.64 bits per heavy atom. The smallest absolute Gasteiger partial charge is 0.0551 e. The molecule has 3 unspecified atom stereocenters. The fourth-order valence-electron chi connectivity index (χ4n) is 2.16. The Kier molecular flexibility index (Phi) is 3.21. The first-order chi connectivity index (χ1) is 6.81. The molecule has 0 aliphatic carbocycles. The number of rotatable bonds is 3. The molecule has 0 bridgehead atoms. The standard InChI is InChI=1S/C11H17NOS/c1-8-6-9(7-13-8)11(12-2)10-4-3-5-14-10/h3-5,8-9,11-12H,6-7H2,1-2H3. The van der Waals surface area contributed by atoms with Gasteiger partial charge in [-0.2, -0.15) is 0 Å². The van der Waals surface area contributed by atoms with Gasteiger partial charge in [0.2, 0.25) is 0 Å². The molecule has 1 saturated heterocycles. The maximum absolute atomic E-state index is 5.61. The third kappa shape index (κ3) is 2.00. The van der Waals surface area contributed by atoms with E-state index in [1.807, 2.05) is 18.4 Å². The van der Waals surface area contributed by atoms with Gasteiger partial charge >= 0.3 is 0 Å². The highest BCUT2D eigenvalue weighted by molar-refractivity contribution is 7.10. The Morgan fingerprint density at radius 2 is 2.50 bits per heavy atom. The summed E-state index contributed by atoms with van der Waals surface area (Å²) in [6.45, 7) is 3.05. The van der Waals surface area contributed by atoms with E-state index < -0.39 is 0 Å². The molecule has 1 aliphatic rings. The van der Waals surface area contributed by atoms with Crippen LogP contribution in [-0.2, 0) is 4.74 Å². The Morgan fingerprint density at radius 3 is 3.00 bits per heavy atom. The third-order valence-corrected chi connectivity index (χ3v) is 3.82. The molecular formula is C11H17NOS. The second kappa shape index (κ2) is 4.43. The van der Waals surface area contributed by atoms with Gasteiger partial charge in [-0.1, -0.05) is 6.07 Å². The van der Waals surface area contributed by atoms with E-state index in [0.717, 1.165) is 6.61 Å².